The number of ether oxygens (including phenoxy) is 2. The van der Waals surface area contributed by atoms with E-state index in [0.717, 1.165) is 12.8 Å². The van der Waals surface area contributed by atoms with Crippen LogP contribution in [0.15, 0.2) is 18.1 Å². The number of carbonyl (C=O) groups excluding carboxylic acids is 1. The van der Waals surface area contributed by atoms with Gasteiger partial charge in [0.2, 0.25) is 5.91 Å². The maximum Gasteiger partial charge on any atom is 0.220 e. The molecule has 1 amide bonds. The molecule has 0 radical (unpaired) electrons. The molecular formula is C16H21NO3. The Morgan fingerprint density at radius 1 is 1.40 bits per heavy atom. The predicted molar refractivity (Wildman–Crippen MR) is 76.2 cm³/mol. The minimum atomic E-state index is -2.90. The molecular weight excluding hydrogens is 254 g/mol. The number of methoxy groups -OCH3 is 1. The van der Waals surface area contributed by atoms with Crippen LogP contribution in [0, 0.1) is 0 Å². The molecule has 1 atom stereocenters. The van der Waals surface area contributed by atoms with Crippen molar-refractivity contribution >= 4 is 5.91 Å². The highest BCUT2D eigenvalue weighted by Gasteiger charge is 2.25. The quantitative estimate of drug-likeness (QED) is 0.923. The maximum atomic E-state index is 11.6. The molecule has 4 nitrogen and oxygen atoms in total. The molecule has 1 aromatic carbocycles. The van der Waals surface area contributed by atoms with Gasteiger partial charge in [0.1, 0.15) is 0 Å². The molecule has 1 heterocycles. The van der Waals surface area contributed by atoms with Crippen LogP contribution in [0.4, 0.5) is 0 Å². The zero-order valence-corrected chi connectivity index (χ0v) is 11.0. The Kier molecular flexibility index (Phi) is 2.10. The van der Waals surface area contributed by atoms with E-state index < -0.39 is 30.8 Å². The molecule has 108 valence electrons. The molecule has 0 bridgehead atoms. The van der Waals surface area contributed by atoms with Gasteiger partial charge in [0.25, 0.3) is 0 Å². The zero-order valence-electron chi connectivity index (χ0n) is 18.0. The number of benzene rings is 1. The predicted octanol–water partition coefficient (Wildman–Crippen LogP) is 2.62. The van der Waals surface area contributed by atoms with E-state index in [1.807, 2.05) is 0 Å². The second-order valence-corrected chi connectivity index (χ2v) is 5.10. The van der Waals surface area contributed by atoms with Gasteiger partial charge >= 0.3 is 0 Å². The second-order valence-electron chi connectivity index (χ2n) is 5.10. The zero-order chi connectivity index (χ0) is 20.0. The Morgan fingerprint density at radius 2 is 2.25 bits per heavy atom. The van der Waals surface area contributed by atoms with Crippen LogP contribution < -0.4 is 14.8 Å². The SMILES string of the molecule is [2H]c1c([2H])c(C2CNC(=O)C2)c([2H])c(OC2([2H])CCCC2)c1OC([2H])([2H])[2H]. The summed E-state index contributed by atoms with van der Waals surface area (Å²) >= 11 is 0. The highest BCUT2D eigenvalue weighted by Crippen LogP contribution is 2.35. The molecule has 4 heteroatoms. The van der Waals surface area contributed by atoms with E-state index in [4.69, 9.17) is 19.1 Å². The Morgan fingerprint density at radius 3 is 2.95 bits per heavy atom. The summed E-state index contributed by atoms with van der Waals surface area (Å²) in [6, 6.07) is -1.18. The fourth-order valence-electron chi connectivity index (χ4n) is 2.56. The van der Waals surface area contributed by atoms with E-state index in [-0.39, 0.29) is 42.3 Å². The van der Waals surface area contributed by atoms with Crippen LogP contribution in [0.2, 0.25) is 0 Å². The van der Waals surface area contributed by atoms with Gasteiger partial charge < -0.3 is 14.8 Å². The molecule has 1 aliphatic carbocycles. The van der Waals surface area contributed by atoms with Crippen LogP contribution in [0.3, 0.4) is 0 Å². The average Bonchev–Trinajstić information content (AvgIpc) is 3.17. The molecule has 2 fully saturated rings. The number of hydrogen-bond acceptors (Lipinski definition) is 3. The smallest absolute Gasteiger partial charge is 0.220 e. The fraction of sp³-hybridized carbons (Fsp3) is 0.562. The van der Waals surface area contributed by atoms with Crippen LogP contribution in [0.1, 0.15) is 53.2 Å². The van der Waals surface area contributed by atoms with Gasteiger partial charge in [0.05, 0.1) is 22.7 Å². The van der Waals surface area contributed by atoms with Crippen LogP contribution in [-0.2, 0) is 4.79 Å². The second kappa shape index (κ2) is 5.73. The largest absolute Gasteiger partial charge is 0.493 e. The topological polar surface area (TPSA) is 47.6 Å². The normalized spacial score (nSPS) is 30.1. The van der Waals surface area contributed by atoms with Crippen molar-refractivity contribution in [3.05, 3.63) is 23.7 Å². The standard InChI is InChI=1S/C16H21NO3/c1-19-14-7-6-11(12-9-16(18)17-10-12)8-15(14)20-13-4-2-3-5-13/h6-8,12-13H,2-5,9-10H2,1H3,(H,17,18)/i1D3,6D,7D,8D,13D. The summed E-state index contributed by atoms with van der Waals surface area (Å²) in [6.07, 6.45) is 1.10. The summed E-state index contributed by atoms with van der Waals surface area (Å²) in [5.74, 6) is -1.54. The van der Waals surface area contributed by atoms with Crippen molar-refractivity contribution in [2.45, 2.75) is 44.1 Å². The molecule has 1 unspecified atom stereocenters. The lowest BCUT2D eigenvalue weighted by atomic mass is 9.98. The minimum Gasteiger partial charge on any atom is -0.493 e. The van der Waals surface area contributed by atoms with Crippen LogP contribution in [0.5, 0.6) is 11.5 Å². The summed E-state index contributed by atoms with van der Waals surface area (Å²) in [4.78, 5) is 11.6. The monoisotopic (exact) mass is 282 g/mol. The average molecular weight is 282 g/mol. The summed E-state index contributed by atoms with van der Waals surface area (Å²) in [6.45, 7) is 0.223. The third kappa shape index (κ3) is 2.74. The van der Waals surface area contributed by atoms with Gasteiger partial charge in [-0.05, 0) is 43.3 Å². The van der Waals surface area contributed by atoms with Crippen LogP contribution in [0.25, 0.3) is 0 Å². The number of rotatable bonds is 4. The van der Waals surface area contributed by atoms with Crippen molar-refractivity contribution in [3.63, 3.8) is 0 Å². The van der Waals surface area contributed by atoms with Crippen molar-refractivity contribution in [2.75, 3.05) is 13.6 Å². The highest BCUT2D eigenvalue weighted by molar-refractivity contribution is 5.79. The Labute approximate surface area is 129 Å². The number of carbonyl (C=O) groups is 1. The first-order valence-corrected chi connectivity index (χ1v) is 6.79. The third-order valence-electron chi connectivity index (χ3n) is 3.66. The van der Waals surface area contributed by atoms with Gasteiger partial charge in [-0.3, -0.25) is 4.79 Å². The summed E-state index contributed by atoms with van der Waals surface area (Å²) in [5.41, 5.74) is 0.132. The van der Waals surface area contributed by atoms with Crippen LogP contribution in [-0.4, -0.2) is 25.6 Å². The first-order valence-electron chi connectivity index (χ1n) is 10.3. The van der Waals surface area contributed by atoms with Gasteiger partial charge in [-0.25, -0.2) is 0 Å². The minimum absolute atomic E-state index is 0.0716. The maximum absolute atomic E-state index is 11.6. The van der Waals surface area contributed by atoms with E-state index in [1.54, 1.807) is 0 Å². The van der Waals surface area contributed by atoms with Gasteiger partial charge in [0.15, 0.2) is 11.5 Å². The Hall–Kier alpha value is -1.71. The summed E-state index contributed by atoms with van der Waals surface area (Å²) < 4.78 is 66.0. The molecule has 0 spiro atoms. The van der Waals surface area contributed by atoms with Gasteiger partial charge in [-0.1, -0.05) is 6.04 Å². The first-order chi connectivity index (χ1) is 12.5. The number of amides is 1. The van der Waals surface area contributed by atoms with Crippen LogP contribution >= 0.6 is 0 Å². The van der Waals surface area contributed by atoms with E-state index in [1.165, 1.54) is 0 Å². The molecule has 0 aromatic heterocycles. The summed E-state index contributed by atoms with van der Waals surface area (Å²) in [7, 11) is -2.90. The Balaban J connectivity index is 2.13. The lowest BCUT2D eigenvalue weighted by Crippen LogP contribution is -2.14. The van der Waals surface area contributed by atoms with Gasteiger partial charge in [-0.2, -0.15) is 0 Å². The molecule has 1 aromatic rings. The lowest BCUT2D eigenvalue weighted by Gasteiger charge is -2.18. The van der Waals surface area contributed by atoms with E-state index in [9.17, 15) is 4.79 Å². The van der Waals surface area contributed by atoms with Crippen molar-refractivity contribution in [1.82, 2.24) is 5.32 Å². The molecule has 1 aliphatic heterocycles. The van der Waals surface area contributed by atoms with Crippen molar-refractivity contribution in [1.29, 1.82) is 0 Å². The molecule has 2 aliphatic rings. The fourth-order valence-corrected chi connectivity index (χ4v) is 2.56. The summed E-state index contributed by atoms with van der Waals surface area (Å²) in [5, 5.41) is 2.63. The van der Waals surface area contributed by atoms with E-state index in [0.29, 0.717) is 12.8 Å². The molecule has 1 saturated heterocycles. The number of nitrogens with one attached hydrogen (secondary N) is 1. The number of hydrogen-bond donors (Lipinski definition) is 1. The Bertz CT molecular complexity index is 760. The van der Waals surface area contributed by atoms with Crippen molar-refractivity contribution < 1.29 is 23.9 Å². The molecule has 3 rings (SSSR count). The van der Waals surface area contributed by atoms with E-state index in [2.05, 4.69) is 5.32 Å². The third-order valence-corrected chi connectivity index (χ3v) is 3.66. The van der Waals surface area contributed by atoms with Crippen molar-refractivity contribution in [2.24, 2.45) is 0 Å². The lowest BCUT2D eigenvalue weighted by molar-refractivity contribution is -0.119. The molecule has 1 saturated carbocycles. The van der Waals surface area contributed by atoms with Gasteiger partial charge in [0, 0.05) is 18.9 Å². The highest BCUT2D eigenvalue weighted by atomic mass is 16.5. The van der Waals surface area contributed by atoms with Gasteiger partial charge in [-0.15, -0.1) is 0 Å². The van der Waals surface area contributed by atoms with Crippen molar-refractivity contribution in [3.8, 4) is 11.5 Å². The molecule has 1 N–H and O–H groups in total. The molecule has 20 heavy (non-hydrogen) atoms. The van der Waals surface area contributed by atoms with E-state index >= 15 is 0 Å². The first kappa shape index (κ1) is 7.34.